The number of nitrogens with two attached hydrogens (primary N) is 1. The number of ketones is 1. The average molecular weight is 435 g/mol. The lowest BCUT2D eigenvalue weighted by atomic mass is 10.1. The van der Waals surface area contributed by atoms with E-state index in [9.17, 15) is 19.3 Å². The number of nitro benzene ring substituents is 1. The molecule has 9 heteroatoms. The van der Waals surface area contributed by atoms with Crippen molar-refractivity contribution >= 4 is 17.4 Å². The standard InChI is InChI=1S/C18H15FN4O3.BrH/c1-21-16(12-5-7-14(19)8-6-12)10-22(18(21)20)11-17(24)13-3-2-4-15(9-13)23(25)26;/h2-10,20H,11H2,1H3;1H. The van der Waals surface area contributed by atoms with E-state index >= 15 is 0 Å². The van der Waals surface area contributed by atoms with Crippen molar-refractivity contribution in [2.75, 3.05) is 5.73 Å². The molecule has 3 rings (SSSR count). The van der Waals surface area contributed by atoms with Gasteiger partial charge in [-0.05, 0) is 24.3 Å². The molecule has 0 saturated carbocycles. The van der Waals surface area contributed by atoms with Gasteiger partial charge in [-0.3, -0.25) is 20.6 Å². The van der Waals surface area contributed by atoms with Gasteiger partial charge < -0.3 is 17.0 Å². The van der Waals surface area contributed by atoms with Gasteiger partial charge in [-0.25, -0.2) is 13.5 Å². The third-order valence-corrected chi connectivity index (χ3v) is 4.11. The zero-order valence-corrected chi connectivity index (χ0v) is 15.9. The summed E-state index contributed by atoms with van der Waals surface area (Å²) < 4.78 is 16.4. The summed E-state index contributed by atoms with van der Waals surface area (Å²) in [5.74, 6) is -0.311. The number of halogens is 2. The summed E-state index contributed by atoms with van der Waals surface area (Å²) >= 11 is 0. The van der Waals surface area contributed by atoms with Gasteiger partial charge in [-0.15, -0.1) is 0 Å². The number of carbonyl (C=O) groups is 1. The topological polar surface area (TPSA) is 95.0 Å². The highest BCUT2D eigenvalue weighted by molar-refractivity contribution is 5.95. The van der Waals surface area contributed by atoms with Gasteiger partial charge in [0, 0.05) is 23.3 Å². The number of hydrogen-bond acceptors (Lipinski definition) is 4. The number of nitrogens with zero attached hydrogens (tertiary/aromatic N) is 3. The number of imidazole rings is 1. The van der Waals surface area contributed by atoms with E-state index in [2.05, 4.69) is 0 Å². The maximum absolute atomic E-state index is 13.1. The van der Waals surface area contributed by atoms with Gasteiger partial charge in [0.15, 0.2) is 5.78 Å². The molecule has 0 atom stereocenters. The molecule has 0 spiro atoms. The van der Waals surface area contributed by atoms with E-state index in [0.717, 1.165) is 5.56 Å². The fourth-order valence-corrected chi connectivity index (χ4v) is 2.67. The number of non-ortho nitro benzene ring substituents is 1. The highest BCUT2D eigenvalue weighted by Crippen LogP contribution is 2.20. The third kappa shape index (κ3) is 4.20. The molecule has 2 aromatic carbocycles. The van der Waals surface area contributed by atoms with Crippen LogP contribution in [0.1, 0.15) is 10.4 Å². The molecule has 27 heavy (non-hydrogen) atoms. The number of benzene rings is 2. The molecule has 0 aliphatic carbocycles. The van der Waals surface area contributed by atoms with Crippen molar-refractivity contribution in [2.45, 2.75) is 6.54 Å². The second-order valence-corrected chi connectivity index (χ2v) is 5.80. The van der Waals surface area contributed by atoms with Gasteiger partial charge in [-0.1, -0.05) is 12.1 Å². The Hall–Kier alpha value is -3.07. The first-order valence-corrected chi connectivity index (χ1v) is 7.75. The zero-order valence-electron chi connectivity index (χ0n) is 14.3. The van der Waals surface area contributed by atoms with E-state index < -0.39 is 4.92 Å². The summed E-state index contributed by atoms with van der Waals surface area (Å²) in [7, 11) is 1.74. The van der Waals surface area contributed by atoms with Crippen molar-refractivity contribution < 1.29 is 35.7 Å². The van der Waals surface area contributed by atoms with Crippen LogP contribution in [0.3, 0.4) is 0 Å². The number of carbonyl (C=O) groups excluding carboxylic acids is 1. The van der Waals surface area contributed by atoms with Crippen molar-refractivity contribution in [2.24, 2.45) is 7.05 Å². The van der Waals surface area contributed by atoms with Gasteiger partial charge in [0.25, 0.3) is 5.69 Å². The van der Waals surface area contributed by atoms with E-state index in [4.69, 9.17) is 5.73 Å². The van der Waals surface area contributed by atoms with Crippen LogP contribution in [0.5, 0.6) is 0 Å². The quantitative estimate of drug-likeness (QED) is 0.253. The third-order valence-electron chi connectivity index (χ3n) is 4.11. The SMILES string of the molecule is Cn1c(-c2ccc(F)cc2)c[n+](CC(=O)c2cccc([N+](=O)[O-])c2)c1N.[Br-]. The minimum Gasteiger partial charge on any atom is -1.00 e. The Morgan fingerprint density at radius 3 is 2.56 bits per heavy atom. The lowest BCUT2D eigenvalue weighted by Crippen LogP contribution is -3.00. The molecule has 3 aromatic rings. The van der Waals surface area contributed by atoms with E-state index in [0.29, 0.717) is 11.6 Å². The number of rotatable bonds is 5. The summed E-state index contributed by atoms with van der Waals surface area (Å²) in [4.78, 5) is 22.8. The molecule has 1 aromatic heterocycles. The smallest absolute Gasteiger partial charge is 0.355 e. The Morgan fingerprint density at radius 2 is 1.93 bits per heavy atom. The number of nitro groups is 1. The van der Waals surface area contributed by atoms with Gasteiger partial charge in [0.2, 0.25) is 0 Å². The minimum atomic E-state index is -0.548. The fraction of sp³-hybridized carbons (Fsp3) is 0.111. The van der Waals surface area contributed by atoms with Gasteiger partial charge in [0.05, 0.1) is 12.0 Å². The van der Waals surface area contributed by atoms with Gasteiger partial charge in [0.1, 0.15) is 24.3 Å². The summed E-state index contributed by atoms with van der Waals surface area (Å²) in [6, 6.07) is 11.5. The predicted molar refractivity (Wildman–Crippen MR) is 92.8 cm³/mol. The molecule has 0 aliphatic rings. The lowest BCUT2D eigenvalue weighted by molar-refractivity contribution is -0.667. The lowest BCUT2D eigenvalue weighted by Gasteiger charge is -2.00. The Labute approximate surface area is 164 Å². The molecule has 0 saturated heterocycles. The molecule has 0 radical (unpaired) electrons. The van der Waals surface area contributed by atoms with Crippen molar-refractivity contribution in [3.8, 4) is 11.3 Å². The Kier molecular flexibility index (Phi) is 6.06. The Morgan fingerprint density at radius 1 is 1.26 bits per heavy atom. The summed E-state index contributed by atoms with van der Waals surface area (Å²) in [6.45, 7) is -0.0674. The molecule has 1 heterocycles. The number of anilines is 1. The van der Waals surface area contributed by atoms with Crippen LogP contribution in [0, 0.1) is 15.9 Å². The maximum Gasteiger partial charge on any atom is 0.355 e. The molecule has 0 unspecified atom stereocenters. The second kappa shape index (κ2) is 8.09. The van der Waals surface area contributed by atoms with E-state index in [-0.39, 0.29) is 46.4 Å². The van der Waals surface area contributed by atoms with Crippen LogP contribution in [0.15, 0.2) is 54.7 Å². The van der Waals surface area contributed by atoms with Crippen LogP contribution in [0.4, 0.5) is 16.0 Å². The first-order valence-electron chi connectivity index (χ1n) is 7.75. The molecular weight excluding hydrogens is 419 g/mol. The number of Topliss-reactive ketones (excluding diaryl/α,β-unsaturated/α-hetero) is 1. The fourth-order valence-electron chi connectivity index (χ4n) is 2.67. The van der Waals surface area contributed by atoms with Crippen LogP contribution >= 0.6 is 0 Å². The first kappa shape index (κ1) is 20.2. The average Bonchev–Trinajstić information content (AvgIpc) is 2.91. The van der Waals surface area contributed by atoms with E-state index in [1.807, 2.05) is 0 Å². The van der Waals surface area contributed by atoms with E-state index in [1.54, 1.807) is 34.5 Å². The van der Waals surface area contributed by atoms with E-state index in [1.165, 1.54) is 36.4 Å². The molecule has 2 N–H and O–H groups in total. The Bertz CT molecular complexity index is 1000. The van der Waals surface area contributed by atoms with Crippen LogP contribution in [-0.2, 0) is 13.6 Å². The maximum atomic E-state index is 13.1. The number of hydrogen-bond donors (Lipinski definition) is 1. The largest absolute Gasteiger partial charge is 1.00 e. The first-order chi connectivity index (χ1) is 12.4. The van der Waals surface area contributed by atoms with Crippen molar-refractivity contribution in [1.29, 1.82) is 0 Å². The van der Waals surface area contributed by atoms with Crippen LogP contribution in [0.25, 0.3) is 11.3 Å². The summed E-state index contributed by atoms with van der Waals surface area (Å²) in [5, 5.41) is 10.9. The van der Waals surface area contributed by atoms with Crippen molar-refractivity contribution in [1.82, 2.24) is 4.57 Å². The molecular formula is C18H16BrFN4O3. The molecule has 0 bridgehead atoms. The monoisotopic (exact) mass is 434 g/mol. The highest BCUT2D eigenvalue weighted by atomic mass is 79.9. The van der Waals surface area contributed by atoms with Gasteiger partial charge >= 0.3 is 5.95 Å². The van der Waals surface area contributed by atoms with Crippen molar-refractivity contribution in [3.05, 3.63) is 76.2 Å². The predicted octanol–water partition coefficient (Wildman–Crippen LogP) is -0.504. The van der Waals surface area contributed by atoms with Crippen LogP contribution in [-0.4, -0.2) is 15.3 Å². The molecule has 0 fully saturated rings. The van der Waals surface area contributed by atoms with Crippen LogP contribution in [0.2, 0.25) is 0 Å². The molecule has 0 amide bonds. The summed E-state index contributed by atoms with van der Waals surface area (Å²) in [5.41, 5.74) is 7.63. The zero-order chi connectivity index (χ0) is 18.8. The molecule has 140 valence electrons. The molecule has 7 nitrogen and oxygen atoms in total. The highest BCUT2D eigenvalue weighted by Gasteiger charge is 2.21. The van der Waals surface area contributed by atoms with Crippen LogP contribution < -0.4 is 27.3 Å². The minimum absolute atomic E-state index is 0. The summed E-state index contributed by atoms with van der Waals surface area (Å²) in [6.07, 6.45) is 1.69. The van der Waals surface area contributed by atoms with Gasteiger partial charge in [-0.2, -0.15) is 0 Å². The normalized spacial score (nSPS) is 10.3. The number of nitrogen functional groups attached to an aromatic ring is 1. The van der Waals surface area contributed by atoms with Crippen molar-refractivity contribution in [3.63, 3.8) is 0 Å². The Balaban J connectivity index is 0.00000261. The second-order valence-electron chi connectivity index (χ2n) is 5.80. The molecule has 0 aliphatic heterocycles. The number of aromatic nitrogens is 2.